The van der Waals surface area contributed by atoms with Gasteiger partial charge in [-0.2, -0.15) is 0 Å². The zero-order valence-electron chi connectivity index (χ0n) is 15.5. The minimum Gasteiger partial charge on any atom is -0.482 e. The fraction of sp³-hybridized carbons (Fsp3) is 0.300. The number of amides is 2. The smallest absolute Gasteiger partial charge is 0.262 e. The normalized spacial score (nSPS) is 12.9. The van der Waals surface area contributed by atoms with E-state index in [1.807, 2.05) is 12.1 Å². The SMILES string of the molecule is CCN(c1ccc(C(=O)Nc2cc3c(cc2Cl)NC(=O)CO3)cc1)C(C)C. The summed E-state index contributed by atoms with van der Waals surface area (Å²) in [4.78, 5) is 26.2. The lowest BCUT2D eigenvalue weighted by Gasteiger charge is -2.27. The minimum absolute atomic E-state index is 0.0622. The standard InChI is InChI=1S/C20H22ClN3O3/c1-4-24(12(2)3)14-7-5-13(6-8-14)20(26)23-16-10-18-17(9-15(16)21)22-19(25)11-27-18/h5-10,12H,4,11H2,1-3H3,(H,22,25)(H,23,26). The van der Waals surface area contributed by atoms with Crippen molar-refractivity contribution in [1.82, 2.24) is 0 Å². The number of carbonyl (C=O) groups excluding carboxylic acids is 2. The number of halogens is 1. The molecule has 0 aromatic heterocycles. The predicted octanol–water partition coefficient (Wildman–Crippen LogP) is 4.16. The van der Waals surface area contributed by atoms with E-state index >= 15 is 0 Å². The van der Waals surface area contributed by atoms with Crippen LogP contribution >= 0.6 is 11.6 Å². The summed E-state index contributed by atoms with van der Waals surface area (Å²) >= 11 is 6.23. The average molecular weight is 388 g/mol. The van der Waals surface area contributed by atoms with Crippen LogP contribution in [0.2, 0.25) is 5.02 Å². The maximum atomic E-state index is 12.6. The van der Waals surface area contributed by atoms with Crippen LogP contribution in [0.5, 0.6) is 5.75 Å². The van der Waals surface area contributed by atoms with Gasteiger partial charge in [-0.05, 0) is 51.1 Å². The van der Waals surface area contributed by atoms with Gasteiger partial charge in [0.1, 0.15) is 5.75 Å². The molecule has 2 N–H and O–H groups in total. The maximum Gasteiger partial charge on any atom is 0.262 e. The highest BCUT2D eigenvalue weighted by molar-refractivity contribution is 6.34. The van der Waals surface area contributed by atoms with Crippen molar-refractivity contribution < 1.29 is 14.3 Å². The number of fused-ring (bicyclic) bond motifs is 1. The van der Waals surface area contributed by atoms with Crippen LogP contribution in [0.4, 0.5) is 17.1 Å². The third kappa shape index (κ3) is 4.17. The minimum atomic E-state index is -0.268. The summed E-state index contributed by atoms with van der Waals surface area (Å²) in [7, 11) is 0. The quantitative estimate of drug-likeness (QED) is 0.808. The van der Waals surface area contributed by atoms with Gasteiger partial charge in [0.15, 0.2) is 6.61 Å². The van der Waals surface area contributed by atoms with Gasteiger partial charge in [-0.15, -0.1) is 0 Å². The summed E-state index contributed by atoms with van der Waals surface area (Å²) < 4.78 is 5.37. The summed E-state index contributed by atoms with van der Waals surface area (Å²) in [5.74, 6) is -0.0334. The Kier molecular flexibility index (Phi) is 5.56. The lowest BCUT2D eigenvalue weighted by molar-refractivity contribution is -0.118. The number of benzene rings is 2. The molecule has 2 amide bonds. The third-order valence-electron chi connectivity index (χ3n) is 4.38. The van der Waals surface area contributed by atoms with Crippen molar-refractivity contribution in [3.8, 4) is 5.75 Å². The first-order valence-electron chi connectivity index (χ1n) is 8.83. The Morgan fingerprint density at radius 2 is 2.00 bits per heavy atom. The first kappa shape index (κ1) is 19.0. The maximum absolute atomic E-state index is 12.6. The number of carbonyl (C=O) groups is 2. The molecule has 7 heteroatoms. The van der Waals surface area contributed by atoms with Crippen molar-refractivity contribution in [2.24, 2.45) is 0 Å². The predicted molar refractivity (Wildman–Crippen MR) is 108 cm³/mol. The van der Waals surface area contributed by atoms with E-state index in [2.05, 4.69) is 36.3 Å². The molecule has 1 aliphatic rings. The Morgan fingerprint density at radius 1 is 1.30 bits per heavy atom. The van der Waals surface area contributed by atoms with E-state index in [-0.39, 0.29) is 18.4 Å². The molecule has 0 atom stereocenters. The number of hydrogen-bond acceptors (Lipinski definition) is 4. The highest BCUT2D eigenvalue weighted by Gasteiger charge is 2.19. The Bertz CT molecular complexity index is 866. The van der Waals surface area contributed by atoms with E-state index in [9.17, 15) is 9.59 Å². The molecule has 0 bridgehead atoms. The molecule has 27 heavy (non-hydrogen) atoms. The topological polar surface area (TPSA) is 70.7 Å². The molecule has 0 unspecified atom stereocenters. The van der Waals surface area contributed by atoms with Crippen LogP contribution in [-0.2, 0) is 4.79 Å². The molecule has 6 nitrogen and oxygen atoms in total. The monoisotopic (exact) mass is 387 g/mol. The summed E-state index contributed by atoms with van der Waals surface area (Å²) in [6.45, 7) is 7.19. The Balaban J connectivity index is 1.77. The van der Waals surface area contributed by atoms with Crippen LogP contribution in [0.3, 0.4) is 0 Å². The number of nitrogens with zero attached hydrogens (tertiary/aromatic N) is 1. The molecule has 142 valence electrons. The van der Waals surface area contributed by atoms with E-state index in [1.165, 1.54) is 0 Å². The van der Waals surface area contributed by atoms with Gasteiger partial charge >= 0.3 is 0 Å². The molecule has 2 aromatic carbocycles. The second-order valence-corrected chi connectivity index (χ2v) is 6.95. The van der Waals surface area contributed by atoms with Crippen molar-refractivity contribution in [2.45, 2.75) is 26.8 Å². The molecular weight excluding hydrogens is 366 g/mol. The molecule has 0 saturated carbocycles. The molecule has 3 rings (SSSR count). The van der Waals surface area contributed by atoms with Crippen molar-refractivity contribution >= 4 is 40.5 Å². The van der Waals surface area contributed by atoms with E-state index in [1.54, 1.807) is 24.3 Å². The largest absolute Gasteiger partial charge is 0.482 e. The lowest BCUT2D eigenvalue weighted by atomic mass is 10.1. The molecule has 0 radical (unpaired) electrons. The number of nitrogens with one attached hydrogen (secondary N) is 2. The second-order valence-electron chi connectivity index (χ2n) is 6.55. The Hall–Kier alpha value is -2.73. The van der Waals surface area contributed by atoms with E-state index in [0.29, 0.717) is 33.8 Å². The molecule has 0 fully saturated rings. The van der Waals surface area contributed by atoms with Crippen LogP contribution in [-0.4, -0.2) is 31.0 Å². The fourth-order valence-electron chi connectivity index (χ4n) is 3.04. The molecule has 1 aliphatic heterocycles. The highest BCUT2D eigenvalue weighted by Crippen LogP contribution is 2.36. The van der Waals surface area contributed by atoms with E-state index in [0.717, 1.165) is 12.2 Å². The number of hydrogen-bond donors (Lipinski definition) is 2. The first-order chi connectivity index (χ1) is 12.9. The Labute approximate surface area is 163 Å². The van der Waals surface area contributed by atoms with Crippen molar-refractivity contribution in [3.63, 3.8) is 0 Å². The molecule has 0 saturated heterocycles. The van der Waals surface area contributed by atoms with Crippen LogP contribution in [0, 0.1) is 0 Å². The van der Waals surface area contributed by atoms with Gasteiger partial charge < -0.3 is 20.3 Å². The zero-order chi connectivity index (χ0) is 19.6. The summed E-state index contributed by atoms with van der Waals surface area (Å²) in [6, 6.07) is 11.0. The van der Waals surface area contributed by atoms with Crippen LogP contribution in [0.25, 0.3) is 0 Å². The molecule has 0 aliphatic carbocycles. The number of anilines is 3. The van der Waals surface area contributed by atoms with Crippen molar-refractivity contribution in [2.75, 3.05) is 28.7 Å². The summed E-state index contributed by atoms with van der Waals surface area (Å²) in [6.07, 6.45) is 0. The number of rotatable bonds is 5. The average Bonchev–Trinajstić information content (AvgIpc) is 2.63. The van der Waals surface area contributed by atoms with Gasteiger partial charge in [-0.25, -0.2) is 0 Å². The molecule has 0 spiro atoms. The Morgan fingerprint density at radius 3 is 2.63 bits per heavy atom. The van der Waals surface area contributed by atoms with Gasteiger partial charge in [-0.3, -0.25) is 9.59 Å². The highest BCUT2D eigenvalue weighted by atomic mass is 35.5. The fourth-order valence-corrected chi connectivity index (χ4v) is 3.25. The number of ether oxygens (including phenoxy) is 1. The first-order valence-corrected chi connectivity index (χ1v) is 9.21. The summed E-state index contributed by atoms with van der Waals surface area (Å²) in [5, 5.41) is 5.80. The van der Waals surface area contributed by atoms with E-state index < -0.39 is 0 Å². The van der Waals surface area contributed by atoms with Gasteiger partial charge in [0.25, 0.3) is 11.8 Å². The van der Waals surface area contributed by atoms with Gasteiger partial charge in [0.05, 0.1) is 16.4 Å². The zero-order valence-corrected chi connectivity index (χ0v) is 16.3. The van der Waals surface area contributed by atoms with Crippen molar-refractivity contribution in [1.29, 1.82) is 0 Å². The lowest BCUT2D eigenvalue weighted by Crippen LogP contribution is -2.30. The van der Waals surface area contributed by atoms with Crippen LogP contribution in [0.1, 0.15) is 31.1 Å². The van der Waals surface area contributed by atoms with Gasteiger partial charge in [-0.1, -0.05) is 11.6 Å². The summed E-state index contributed by atoms with van der Waals surface area (Å²) in [5.41, 5.74) is 2.52. The second kappa shape index (κ2) is 7.88. The van der Waals surface area contributed by atoms with Crippen molar-refractivity contribution in [3.05, 3.63) is 47.0 Å². The molecular formula is C20H22ClN3O3. The molecule has 1 heterocycles. The molecule has 2 aromatic rings. The third-order valence-corrected chi connectivity index (χ3v) is 4.69. The van der Waals surface area contributed by atoms with E-state index in [4.69, 9.17) is 16.3 Å². The van der Waals surface area contributed by atoms with Gasteiger partial charge in [0, 0.05) is 29.9 Å². The van der Waals surface area contributed by atoms with Crippen LogP contribution in [0.15, 0.2) is 36.4 Å². The van der Waals surface area contributed by atoms with Gasteiger partial charge in [0.2, 0.25) is 0 Å². The van der Waals surface area contributed by atoms with Crippen LogP contribution < -0.4 is 20.3 Å².